The van der Waals surface area contributed by atoms with Gasteiger partial charge in [0, 0.05) is 43.8 Å². The summed E-state index contributed by atoms with van der Waals surface area (Å²) < 4.78 is 14.7. The van der Waals surface area contributed by atoms with Crippen molar-refractivity contribution < 1.29 is 9.18 Å². The lowest BCUT2D eigenvalue weighted by Crippen LogP contribution is -2.27. The van der Waals surface area contributed by atoms with Crippen LogP contribution in [0, 0.1) is 5.82 Å². The van der Waals surface area contributed by atoms with Crippen LogP contribution in [0.2, 0.25) is 0 Å². The molecule has 0 aliphatic heterocycles. The van der Waals surface area contributed by atoms with Gasteiger partial charge >= 0.3 is 0 Å². The van der Waals surface area contributed by atoms with Gasteiger partial charge in [-0.1, -0.05) is 0 Å². The second-order valence-electron chi connectivity index (χ2n) is 5.15. The van der Waals surface area contributed by atoms with E-state index in [-0.39, 0.29) is 11.7 Å². The zero-order valence-electron chi connectivity index (χ0n) is 12.8. The number of halogens is 1. The van der Waals surface area contributed by atoms with Crippen LogP contribution in [0.25, 0.3) is 11.1 Å². The highest BCUT2D eigenvalue weighted by atomic mass is 19.1. The average Bonchev–Trinajstić information content (AvgIpc) is 2.97. The first-order valence-electron chi connectivity index (χ1n) is 7.04. The lowest BCUT2D eigenvalue weighted by atomic mass is 10.1. The Labute approximate surface area is 133 Å². The smallest absolute Gasteiger partial charge is 0.259 e. The van der Waals surface area contributed by atoms with Crippen LogP contribution in [0.4, 0.5) is 10.2 Å². The molecule has 6 heteroatoms. The summed E-state index contributed by atoms with van der Waals surface area (Å²) in [6.07, 6.45) is 5.22. The fourth-order valence-electron chi connectivity index (χ4n) is 2.34. The average molecular weight is 310 g/mol. The first-order valence-corrected chi connectivity index (χ1v) is 7.04. The van der Waals surface area contributed by atoms with Gasteiger partial charge in [-0.15, -0.1) is 0 Å². The van der Waals surface area contributed by atoms with Crippen LogP contribution in [0.3, 0.4) is 0 Å². The molecule has 0 fully saturated rings. The molecule has 116 valence electrons. The van der Waals surface area contributed by atoms with Gasteiger partial charge in [0.15, 0.2) is 5.82 Å². The molecule has 3 rings (SSSR count). The van der Waals surface area contributed by atoms with E-state index in [1.807, 2.05) is 18.3 Å². The maximum atomic E-state index is 13.0. The number of benzene rings is 1. The standard InChI is InChI=1S/C17H15FN4O/c1-21-11-15(12-7-9-19-10-8-12)16(20-21)22(2)17(23)13-3-5-14(18)6-4-13/h3-11H,1-2H3. The molecule has 0 spiro atoms. The molecule has 2 heterocycles. The van der Waals surface area contributed by atoms with Crippen LogP contribution >= 0.6 is 0 Å². The fourth-order valence-corrected chi connectivity index (χ4v) is 2.34. The van der Waals surface area contributed by atoms with Crippen molar-refractivity contribution in [2.75, 3.05) is 11.9 Å². The van der Waals surface area contributed by atoms with E-state index in [9.17, 15) is 9.18 Å². The minimum atomic E-state index is -0.375. The highest BCUT2D eigenvalue weighted by Crippen LogP contribution is 2.29. The SMILES string of the molecule is CN(C(=O)c1ccc(F)cc1)c1nn(C)cc1-c1ccncc1. The number of nitrogens with zero attached hydrogens (tertiary/aromatic N) is 4. The highest BCUT2D eigenvalue weighted by Gasteiger charge is 2.20. The zero-order chi connectivity index (χ0) is 16.4. The van der Waals surface area contributed by atoms with Crippen molar-refractivity contribution in [1.82, 2.24) is 14.8 Å². The summed E-state index contributed by atoms with van der Waals surface area (Å²) in [4.78, 5) is 18.1. The largest absolute Gasteiger partial charge is 0.294 e. The maximum absolute atomic E-state index is 13.0. The number of aryl methyl sites for hydroxylation is 1. The van der Waals surface area contributed by atoms with E-state index >= 15 is 0 Å². The number of hydrogen-bond acceptors (Lipinski definition) is 3. The number of amides is 1. The normalized spacial score (nSPS) is 10.6. The molecule has 0 saturated carbocycles. The molecule has 0 atom stereocenters. The van der Waals surface area contributed by atoms with E-state index in [1.54, 1.807) is 31.2 Å². The Balaban J connectivity index is 1.98. The van der Waals surface area contributed by atoms with Gasteiger partial charge in [0.25, 0.3) is 5.91 Å². The van der Waals surface area contributed by atoms with Crippen LogP contribution < -0.4 is 4.90 Å². The molecule has 2 aromatic heterocycles. The number of hydrogen-bond donors (Lipinski definition) is 0. The summed E-state index contributed by atoms with van der Waals surface area (Å²) in [5, 5.41) is 4.38. The predicted octanol–water partition coefficient (Wildman–Crippen LogP) is 2.90. The third-order valence-corrected chi connectivity index (χ3v) is 3.51. The molecule has 5 nitrogen and oxygen atoms in total. The van der Waals surface area contributed by atoms with Gasteiger partial charge in [0.05, 0.1) is 0 Å². The summed E-state index contributed by atoms with van der Waals surface area (Å²) in [5.41, 5.74) is 2.15. The Morgan fingerprint density at radius 2 is 1.78 bits per heavy atom. The quantitative estimate of drug-likeness (QED) is 0.747. The molecule has 0 radical (unpaired) electrons. The van der Waals surface area contributed by atoms with Crippen LogP contribution in [0.5, 0.6) is 0 Å². The molecule has 0 aliphatic rings. The Morgan fingerprint density at radius 1 is 1.13 bits per heavy atom. The molecule has 0 bridgehead atoms. The van der Waals surface area contributed by atoms with Crippen LogP contribution in [0.15, 0.2) is 55.0 Å². The van der Waals surface area contributed by atoms with Crippen molar-refractivity contribution in [3.8, 4) is 11.1 Å². The van der Waals surface area contributed by atoms with E-state index in [4.69, 9.17) is 0 Å². The van der Waals surface area contributed by atoms with E-state index in [2.05, 4.69) is 10.1 Å². The monoisotopic (exact) mass is 310 g/mol. The molecule has 3 aromatic rings. The number of aromatic nitrogens is 3. The minimum absolute atomic E-state index is 0.251. The highest BCUT2D eigenvalue weighted by molar-refractivity contribution is 6.06. The molecule has 0 saturated heterocycles. The maximum Gasteiger partial charge on any atom is 0.259 e. The molecule has 1 aromatic carbocycles. The Hall–Kier alpha value is -3.02. The summed E-state index contributed by atoms with van der Waals surface area (Å²) in [6.45, 7) is 0. The Bertz CT molecular complexity index is 828. The second-order valence-corrected chi connectivity index (χ2v) is 5.15. The molecule has 0 unspecified atom stereocenters. The van der Waals surface area contributed by atoms with E-state index in [1.165, 1.54) is 29.2 Å². The molecule has 0 aliphatic carbocycles. The van der Waals surface area contributed by atoms with E-state index in [0.717, 1.165) is 11.1 Å². The van der Waals surface area contributed by atoms with Gasteiger partial charge in [-0.3, -0.25) is 19.4 Å². The lowest BCUT2D eigenvalue weighted by molar-refractivity contribution is 0.0992. The first-order chi connectivity index (χ1) is 11.1. The third-order valence-electron chi connectivity index (χ3n) is 3.51. The van der Waals surface area contributed by atoms with Crippen LogP contribution in [-0.4, -0.2) is 27.7 Å². The number of carbonyl (C=O) groups is 1. The van der Waals surface area contributed by atoms with Gasteiger partial charge in [-0.05, 0) is 42.0 Å². The lowest BCUT2D eigenvalue weighted by Gasteiger charge is -2.16. The Kier molecular flexibility index (Phi) is 3.89. The summed E-state index contributed by atoms with van der Waals surface area (Å²) in [5.74, 6) is -0.0912. The number of rotatable bonds is 3. The number of pyridine rings is 1. The van der Waals surface area contributed by atoms with Gasteiger partial charge in [-0.2, -0.15) is 5.10 Å². The van der Waals surface area contributed by atoms with Gasteiger partial charge in [0.1, 0.15) is 5.82 Å². The van der Waals surface area contributed by atoms with Crippen LogP contribution in [-0.2, 0) is 7.05 Å². The van der Waals surface area contributed by atoms with Gasteiger partial charge in [-0.25, -0.2) is 4.39 Å². The summed E-state index contributed by atoms with van der Waals surface area (Å²) in [7, 11) is 3.45. The zero-order valence-corrected chi connectivity index (χ0v) is 12.8. The van der Waals surface area contributed by atoms with Crippen molar-refractivity contribution in [2.24, 2.45) is 7.05 Å². The topological polar surface area (TPSA) is 51.0 Å². The van der Waals surface area contributed by atoms with E-state index < -0.39 is 0 Å². The van der Waals surface area contributed by atoms with Gasteiger partial charge in [0.2, 0.25) is 0 Å². The molecule has 0 N–H and O–H groups in total. The minimum Gasteiger partial charge on any atom is -0.294 e. The van der Waals surface area contributed by atoms with E-state index in [0.29, 0.717) is 11.4 Å². The molecular formula is C17H15FN4O. The Morgan fingerprint density at radius 3 is 2.43 bits per heavy atom. The third kappa shape index (κ3) is 2.96. The summed E-state index contributed by atoms with van der Waals surface area (Å²) in [6, 6.07) is 9.17. The molecular weight excluding hydrogens is 295 g/mol. The molecule has 23 heavy (non-hydrogen) atoms. The van der Waals surface area contributed by atoms with Crippen molar-refractivity contribution >= 4 is 11.7 Å². The van der Waals surface area contributed by atoms with Crippen molar-refractivity contribution in [1.29, 1.82) is 0 Å². The van der Waals surface area contributed by atoms with Crippen molar-refractivity contribution in [3.63, 3.8) is 0 Å². The summed E-state index contributed by atoms with van der Waals surface area (Å²) >= 11 is 0. The molecule has 1 amide bonds. The van der Waals surface area contributed by atoms with Crippen molar-refractivity contribution in [3.05, 3.63) is 66.4 Å². The van der Waals surface area contributed by atoms with Gasteiger partial charge < -0.3 is 0 Å². The fraction of sp³-hybridized carbons (Fsp3) is 0.118. The number of carbonyl (C=O) groups excluding carboxylic acids is 1. The second kappa shape index (κ2) is 6.00. The first kappa shape index (κ1) is 14.9. The predicted molar refractivity (Wildman–Crippen MR) is 85.6 cm³/mol. The van der Waals surface area contributed by atoms with Crippen molar-refractivity contribution in [2.45, 2.75) is 0 Å². The van der Waals surface area contributed by atoms with Crippen LogP contribution in [0.1, 0.15) is 10.4 Å². The number of anilines is 1.